The van der Waals surface area contributed by atoms with Gasteiger partial charge in [-0.05, 0) is 12.8 Å². The molecule has 1 unspecified atom stereocenters. The molecular weight excluding hydrogens is 206 g/mol. The van der Waals surface area contributed by atoms with Crippen molar-refractivity contribution in [2.75, 3.05) is 5.75 Å². The van der Waals surface area contributed by atoms with Crippen LogP contribution in [-0.4, -0.2) is 31.3 Å². The Hall–Kier alpha value is -0.620. The van der Waals surface area contributed by atoms with Crippen molar-refractivity contribution in [1.82, 2.24) is 4.72 Å². The van der Waals surface area contributed by atoms with Crippen LogP contribution in [0.2, 0.25) is 0 Å². The molecule has 0 aliphatic heterocycles. The van der Waals surface area contributed by atoms with Crippen molar-refractivity contribution in [2.45, 2.75) is 33.2 Å². The van der Waals surface area contributed by atoms with Gasteiger partial charge in [0.15, 0.2) is 0 Å². The fraction of sp³-hybridized carbons (Fsp3) is 0.875. The third-order valence-corrected chi connectivity index (χ3v) is 3.42. The molecule has 0 aliphatic carbocycles. The minimum absolute atomic E-state index is 0.172. The van der Waals surface area contributed by atoms with Crippen molar-refractivity contribution in [3.8, 4) is 0 Å². The lowest BCUT2D eigenvalue weighted by molar-refractivity contribution is -0.136. The molecule has 0 aliphatic rings. The van der Waals surface area contributed by atoms with E-state index in [2.05, 4.69) is 4.72 Å². The summed E-state index contributed by atoms with van der Waals surface area (Å²) in [5.74, 6) is -1.28. The first-order valence-corrected chi connectivity index (χ1v) is 6.11. The van der Waals surface area contributed by atoms with Crippen molar-refractivity contribution in [3.05, 3.63) is 0 Å². The van der Waals surface area contributed by atoms with E-state index in [9.17, 15) is 13.2 Å². The van der Waals surface area contributed by atoms with Crippen molar-refractivity contribution >= 4 is 16.0 Å². The van der Waals surface area contributed by atoms with Crippen LogP contribution in [0.25, 0.3) is 0 Å². The minimum atomic E-state index is -3.45. The lowest BCUT2D eigenvalue weighted by Crippen LogP contribution is -2.37. The summed E-state index contributed by atoms with van der Waals surface area (Å²) in [5, 5.41) is 8.33. The zero-order chi connectivity index (χ0) is 11.4. The summed E-state index contributed by atoms with van der Waals surface area (Å²) >= 11 is 0. The van der Waals surface area contributed by atoms with Gasteiger partial charge in [-0.25, -0.2) is 13.1 Å². The van der Waals surface area contributed by atoms with Crippen LogP contribution in [0.4, 0.5) is 0 Å². The third-order valence-electron chi connectivity index (χ3n) is 1.95. The van der Waals surface area contributed by atoms with Gasteiger partial charge in [0.25, 0.3) is 0 Å². The van der Waals surface area contributed by atoms with E-state index in [4.69, 9.17) is 5.11 Å². The monoisotopic (exact) mass is 223 g/mol. The number of rotatable bonds is 6. The van der Waals surface area contributed by atoms with Crippen molar-refractivity contribution < 1.29 is 18.3 Å². The Balaban J connectivity index is 4.15. The van der Waals surface area contributed by atoms with Gasteiger partial charge >= 0.3 is 5.97 Å². The summed E-state index contributed by atoms with van der Waals surface area (Å²) in [6.07, 6.45) is -0.361. The zero-order valence-electron chi connectivity index (χ0n) is 8.65. The quantitative estimate of drug-likeness (QED) is 0.683. The first-order chi connectivity index (χ1) is 6.24. The van der Waals surface area contributed by atoms with E-state index in [-0.39, 0.29) is 24.1 Å². The van der Waals surface area contributed by atoms with E-state index >= 15 is 0 Å². The summed E-state index contributed by atoms with van der Waals surface area (Å²) in [6, 6.07) is -0.172. The molecule has 84 valence electrons. The van der Waals surface area contributed by atoms with Gasteiger partial charge < -0.3 is 5.11 Å². The lowest BCUT2D eigenvalue weighted by atomic mass is 10.1. The minimum Gasteiger partial charge on any atom is -0.481 e. The van der Waals surface area contributed by atoms with Gasteiger partial charge in [0, 0.05) is 6.04 Å². The Bertz CT molecular complexity index is 284. The Kier molecular flexibility index (Phi) is 5.07. The highest BCUT2D eigenvalue weighted by Gasteiger charge is 2.17. The molecule has 0 saturated heterocycles. The van der Waals surface area contributed by atoms with Crippen LogP contribution < -0.4 is 4.72 Å². The van der Waals surface area contributed by atoms with E-state index in [1.807, 2.05) is 13.8 Å². The van der Waals surface area contributed by atoms with Gasteiger partial charge in [-0.3, -0.25) is 4.79 Å². The molecule has 0 bridgehead atoms. The summed E-state index contributed by atoms with van der Waals surface area (Å²) in [7, 11) is -3.45. The SMILES string of the molecule is CC(C)C(C)NS(=O)(=O)CCC(=O)O. The second-order valence-corrected chi connectivity index (χ2v) is 5.49. The second kappa shape index (κ2) is 5.31. The van der Waals surface area contributed by atoms with Crippen LogP contribution in [0.3, 0.4) is 0 Å². The number of hydrogen-bond acceptors (Lipinski definition) is 3. The molecule has 0 aromatic rings. The van der Waals surface area contributed by atoms with E-state index in [1.54, 1.807) is 6.92 Å². The highest BCUT2D eigenvalue weighted by Crippen LogP contribution is 2.02. The largest absolute Gasteiger partial charge is 0.481 e. The van der Waals surface area contributed by atoms with Gasteiger partial charge in [0.2, 0.25) is 10.0 Å². The average molecular weight is 223 g/mol. The Morgan fingerprint density at radius 3 is 2.21 bits per heavy atom. The molecule has 0 heterocycles. The average Bonchev–Trinajstić information content (AvgIpc) is 2.00. The summed E-state index contributed by atoms with van der Waals surface area (Å²) in [6.45, 7) is 5.54. The molecule has 0 amide bonds. The summed E-state index contributed by atoms with van der Waals surface area (Å²) < 4.78 is 25.0. The first kappa shape index (κ1) is 13.4. The number of aliphatic carboxylic acids is 1. The zero-order valence-corrected chi connectivity index (χ0v) is 9.47. The molecule has 0 spiro atoms. The van der Waals surface area contributed by atoms with Gasteiger partial charge in [-0.15, -0.1) is 0 Å². The van der Waals surface area contributed by atoms with Gasteiger partial charge in [0.1, 0.15) is 0 Å². The number of nitrogens with one attached hydrogen (secondary N) is 1. The van der Waals surface area contributed by atoms with Crippen LogP contribution in [-0.2, 0) is 14.8 Å². The van der Waals surface area contributed by atoms with Crippen molar-refractivity contribution in [1.29, 1.82) is 0 Å². The maximum atomic E-state index is 11.3. The smallest absolute Gasteiger partial charge is 0.304 e. The fourth-order valence-corrected chi connectivity index (χ4v) is 2.10. The van der Waals surface area contributed by atoms with Gasteiger partial charge in [-0.1, -0.05) is 13.8 Å². The maximum Gasteiger partial charge on any atom is 0.304 e. The number of carboxylic acid groups (broad SMARTS) is 1. The third kappa shape index (κ3) is 5.93. The van der Waals surface area contributed by atoms with Crippen molar-refractivity contribution in [2.24, 2.45) is 5.92 Å². The van der Waals surface area contributed by atoms with Crippen LogP contribution >= 0.6 is 0 Å². The Morgan fingerprint density at radius 1 is 1.36 bits per heavy atom. The first-order valence-electron chi connectivity index (χ1n) is 4.46. The molecule has 2 N–H and O–H groups in total. The van der Waals surface area contributed by atoms with Gasteiger partial charge in [-0.2, -0.15) is 0 Å². The van der Waals surface area contributed by atoms with E-state index in [0.29, 0.717) is 0 Å². The normalized spacial score (nSPS) is 14.3. The highest BCUT2D eigenvalue weighted by atomic mass is 32.2. The van der Waals surface area contributed by atoms with Crippen LogP contribution in [0.5, 0.6) is 0 Å². The van der Waals surface area contributed by atoms with Crippen LogP contribution in [0.1, 0.15) is 27.2 Å². The topological polar surface area (TPSA) is 83.5 Å². The van der Waals surface area contributed by atoms with E-state index < -0.39 is 16.0 Å². The number of carbonyl (C=O) groups is 1. The summed E-state index contributed by atoms with van der Waals surface area (Å²) in [4.78, 5) is 10.2. The predicted molar refractivity (Wildman–Crippen MR) is 53.5 cm³/mol. The van der Waals surface area contributed by atoms with E-state index in [1.165, 1.54) is 0 Å². The molecule has 5 nitrogen and oxygen atoms in total. The highest BCUT2D eigenvalue weighted by molar-refractivity contribution is 7.89. The van der Waals surface area contributed by atoms with Gasteiger partial charge in [0.05, 0.1) is 12.2 Å². The Labute approximate surface area is 84.6 Å². The molecule has 0 aromatic heterocycles. The van der Waals surface area contributed by atoms with E-state index in [0.717, 1.165) is 0 Å². The standard InChI is InChI=1S/C8H17NO4S/c1-6(2)7(3)9-14(12,13)5-4-8(10)11/h6-7,9H,4-5H2,1-3H3,(H,10,11). The number of hydrogen-bond donors (Lipinski definition) is 2. The number of sulfonamides is 1. The molecular formula is C8H17NO4S. The molecule has 14 heavy (non-hydrogen) atoms. The molecule has 0 radical (unpaired) electrons. The molecule has 0 saturated carbocycles. The molecule has 0 aromatic carbocycles. The number of carboxylic acids is 1. The molecule has 1 atom stereocenters. The molecule has 6 heteroatoms. The van der Waals surface area contributed by atoms with Crippen LogP contribution in [0.15, 0.2) is 0 Å². The second-order valence-electron chi connectivity index (χ2n) is 3.61. The molecule has 0 rings (SSSR count). The van der Waals surface area contributed by atoms with Crippen molar-refractivity contribution in [3.63, 3.8) is 0 Å². The summed E-state index contributed by atoms with van der Waals surface area (Å²) in [5.41, 5.74) is 0. The fourth-order valence-electron chi connectivity index (χ4n) is 0.700. The van der Waals surface area contributed by atoms with Crippen LogP contribution in [0, 0.1) is 5.92 Å². The predicted octanol–water partition coefficient (Wildman–Crippen LogP) is 0.425. The lowest BCUT2D eigenvalue weighted by Gasteiger charge is -2.16. The maximum absolute atomic E-state index is 11.3. The Morgan fingerprint density at radius 2 is 1.86 bits per heavy atom. The molecule has 0 fully saturated rings.